The van der Waals surface area contributed by atoms with Crippen molar-refractivity contribution < 1.29 is 23.7 Å². The number of halogens is 2. The first-order valence-electron chi connectivity index (χ1n) is 11.6. The van der Waals surface area contributed by atoms with Gasteiger partial charge in [-0.15, -0.1) is 0 Å². The second-order valence-electron chi connectivity index (χ2n) is 8.58. The van der Waals surface area contributed by atoms with Gasteiger partial charge in [0.25, 0.3) is 0 Å². The van der Waals surface area contributed by atoms with Gasteiger partial charge in [0.1, 0.15) is 11.6 Å². The summed E-state index contributed by atoms with van der Waals surface area (Å²) in [6, 6.07) is 13.2. The molecular formula is C26H33ClFN3O4. The van der Waals surface area contributed by atoms with Crippen LogP contribution in [0.4, 0.5) is 4.39 Å². The number of aromatic nitrogens is 2. The fourth-order valence-electron chi connectivity index (χ4n) is 3.56. The number of hydrogen-bond donors (Lipinski definition) is 1. The molecule has 35 heavy (non-hydrogen) atoms. The minimum absolute atomic E-state index is 0.0307. The third-order valence-electron chi connectivity index (χ3n) is 5.30. The molecule has 0 bridgehead atoms. The molecule has 3 rings (SSSR count). The zero-order chi connectivity index (χ0) is 25.4. The molecule has 190 valence electrons. The van der Waals surface area contributed by atoms with Gasteiger partial charge < -0.3 is 19.3 Å². The molecule has 0 spiro atoms. The van der Waals surface area contributed by atoms with Crippen LogP contribution in [-0.2, 0) is 16.0 Å². The number of hydrogen-bond acceptors (Lipinski definition) is 6. The van der Waals surface area contributed by atoms with E-state index in [0.29, 0.717) is 42.9 Å². The van der Waals surface area contributed by atoms with Crippen LogP contribution in [-0.4, -0.2) is 65.4 Å². The molecule has 1 N–H and O–H groups in total. The van der Waals surface area contributed by atoms with E-state index in [9.17, 15) is 9.50 Å². The minimum atomic E-state index is -0.673. The Morgan fingerprint density at radius 1 is 1.17 bits per heavy atom. The third-order valence-corrected chi connectivity index (χ3v) is 5.56. The Hall–Kier alpha value is -2.49. The average Bonchev–Trinajstić information content (AvgIpc) is 3.11. The van der Waals surface area contributed by atoms with Crippen molar-refractivity contribution in [2.75, 3.05) is 33.4 Å². The molecule has 0 aliphatic heterocycles. The normalized spacial score (nSPS) is 12.5. The lowest BCUT2D eigenvalue weighted by Crippen LogP contribution is -2.37. The van der Waals surface area contributed by atoms with Gasteiger partial charge in [-0.2, -0.15) is 5.10 Å². The van der Waals surface area contributed by atoms with Crippen molar-refractivity contribution in [3.63, 3.8) is 0 Å². The number of aryl methyl sites for hydroxylation is 1. The highest BCUT2D eigenvalue weighted by atomic mass is 35.5. The van der Waals surface area contributed by atoms with Crippen LogP contribution in [0.25, 0.3) is 5.69 Å². The van der Waals surface area contributed by atoms with Crippen LogP contribution in [0.3, 0.4) is 0 Å². The van der Waals surface area contributed by atoms with Gasteiger partial charge in [0.15, 0.2) is 0 Å². The lowest BCUT2D eigenvalue weighted by atomic mass is 10.2. The molecule has 0 amide bonds. The number of aliphatic hydroxyl groups excluding tert-OH is 1. The van der Waals surface area contributed by atoms with Crippen LogP contribution in [0.5, 0.6) is 11.6 Å². The van der Waals surface area contributed by atoms with E-state index >= 15 is 0 Å². The second kappa shape index (κ2) is 13.0. The van der Waals surface area contributed by atoms with Crippen LogP contribution in [0.15, 0.2) is 48.5 Å². The van der Waals surface area contributed by atoms with Crippen LogP contribution < -0.4 is 4.74 Å². The van der Waals surface area contributed by atoms with E-state index in [1.807, 2.05) is 32.9 Å². The Kier molecular flexibility index (Phi) is 10.1. The fraction of sp³-hybridized carbons (Fsp3) is 0.423. The van der Waals surface area contributed by atoms with Crippen molar-refractivity contribution in [2.24, 2.45) is 0 Å². The van der Waals surface area contributed by atoms with Crippen LogP contribution in [0.1, 0.15) is 25.1 Å². The Balaban J connectivity index is 1.95. The topological polar surface area (TPSA) is 69.0 Å². The predicted molar refractivity (Wildman–Crippen MR) is 134 cm³/mol. The Morgan fingerprint density at radius 2 is 1.91 bits per heavy atom. The van der Waals surface area contributed by atoms with E-state index in [1.54, 1.807) is 36.1 Å². The van der Waals surface area contributed by atoms with Gasteiger partial charge in [-0.3, -0.25) is 4.90 Å². The molecule has 0 unspecified atom stereocenters. The Morgan fingerprint density at radius 3 is 2.57 bits per heavy atom. The van der Waals surface area contributed by atoms with Crippen molar-refractivity contribution in [1.29, 1.82) is 0 Å². The van der Waals surface area contributed by atoms with E-state index in [1.165, 1.54) is 12.1 Å². The molecule has 1 aromatic heterocycles. The van der Waals surface area contributed by atoms with Gasteiger partial charge >= 0.3 is 0 Å². The van der Waals surface area contributed by atoms with E-state index < -0.39 is 11.9 Å². The van der Waals surface area contributed by atoms with E-state index in [2.05, 4.69) is 4.90 Å². The largest absolute Gasteiger partial charge is 0.438 e. The molecule has 1 heterocycles. The summed E-state index contributed by atoms with van der Waals surface area (Å²) in [5.41, 5.74) is 2.32. The van der Waals surface area contributed by atoms with Crippen LogP contribution in [0.2, 0.25) is 5.02 Å². The molecule has 0 fully saturated rings. The van der Waals surface area contributed by atoms with Gasteiger partial charge in [0, 0.05) is 37.8 Å². The van der Waals surface area contributed by atoms with Crippen LogP contribution in [0, 0.1) is 12.7 Å². The highest BCUT2D eigenvalue weighted by Gasteiger charge is 2.23. The lowest BCUT2D eigenvalue weighted by Gasteiger charge is -2.25. The average molecular weight is 506 g/mol. The maximum atomic E-state index is 13.9. The maximum Gasteiger partial charge on any atom is 0.227 e. The summed E-state index contributed by atoms with van der Waals surface area (Å²) in [6.45, 7) is 7.87. The smallest absolute Gasteiger partial charge is 0.227 e. The molecule has 0 aliphatic carbocycles. The zero-order valence-electron chi connectivity index (χ0n) is 20.6. The van der Waals surface area contributed by atoms with Crippen molar-refractivity contribution in [3.05, 3.63) is 70.6 Å². The standard InChI is InChI=1S/C26H33ClFN3O4/c1-18(2)34-17-23(32)15-30(12-13-33-4)16-25-19(3)29-31(22-10-8-20(27)9-11-22)26(25)35-24-7-5-6-21(28)14-24/h5-11,14,18,23,32H,12-13,15-17H2,1-4H3/t23-/m0/s1. The van der Waals surface area contributed by atoms with Gasteiger partial charge in [0.2, 0.25) is 5.88 Å². The van der Waals surface area contributed by atoms with E-state index in [0.717, 1.165) is 16.9 Å². The number of nitrogens with zero attached hydrogens (tertiary/aromatic N) is 3. The summed E-state index contributed by atoms with van der Waals surface area (Å²) in [7, 11) is 1.64. The molecule has 0 saturated heterocycles. The van der Waals surface area contributed by atoms with Gasteiger partial charge in [0.05, 0.1) is 42.4 Å². The van der Waals surface area contributed by atoms with Gasteiger partial charge in [-0.25, -0.2) is 9.07 Å². The molecular weight excluding hydrogens is 473 g/mol. The van der Waals surface area contributed by atoms with Crippen molar-refractivity contribution in [1.82, 2.24) is 14.7 Å². The lowest BCUT2D eigenvalue weighted by molar-refractivity contribution is -0.0122. The monoisotopic (exact) mass is 505 g/mol. The summed E-state index contributed by atoms with van der Waals surface area (Å²) in [4.78, 5) is 2.06. The maximum absolute atomic E-state index is 13.9. The summed E-state index contributed by atoms with van der Waals surface area (Å²) >= 11 is 6.08. The summed E-state index contributed by atoms with van der Waals surface area (Å²) < 4.78 is 32.6. The van der Waals surface area contributed by atoms with Crippen molar-refractivity contribution >= 4 is 11.6 Å². The number of rotatable bonds is 13. The highest BCUT2D eigenvalue weighted by Crippen LogP contribution is 2.32. The summed E-state index contributed by atoms with van der Waals surface area (Å²) in [5, 5.41) is 15.9. The van der Waals surface area contributed by atoms with E-state index in [-0.39, 0.29) is 12.7 Å². The zero-order valence-corrected chi connectivity index (χ0v) is 21.3. The minimum Gasteiger partial charge on any atom is -0.438 e. The third kappa shape index (κ3) is 8.02. The second-order valence-corrected chi connectivity index (χ2v) is 9.02. The molecule has 0 saturated carbocycles. The molecule has 7 nitrogen and oxygen atoms in total. The predicted octanol–water partition coefficient (Wildman–Crippen LogP) is 5.00. The Labute approximate surface area is 211 Å². The van der Waals surface area contributed by atoms with Gasteiger partial charge in [-0.05, 0) is 57.2 Å². The Bertz CT molecular complexity index is 1070. The van der Waals surface area contributed by atoms with Crippen molar-refractivity contribution in [2.45, 2.75) is 39.5 Å². The summed E-state index contributed by atoms with van der Waals surface area (Å²) in [6.07, 6.45) is -0.642. The molecule has 2 aromatic carbocycles. The van der Waals surface area contributed by atoms with Crippen molar-refractivity contribution in [3.8, 4) is 17.3 Å². The first-order valence-corrected chi connectivity index (χ1v) is 11.9. The summed E-state index contributed by atoms with van der Waals surface area (Å²) in [5.74, 6) is 0.425. The molecule has 0 aliphatic rings. The molecule has 9 heteroatoms. The first-order chi connectivity index (χ1) is 16.8. The first kappa shape index (κ1) is 27.1. The number of aliphatic hydroxyl groups is 1. The van der Waals surface area contributed by atoms with Gasteiger partial charge in [-0.1, -0.05) is 17.7 Å². The molecule has 3 aromatic rings. The fourth-order valence-corrected chi connectivity index (χ4v) is 3.68. The number of methoxy groups -OCH3 is 1. The quantitative estimate of drug-likeness (QED) is 0.352. The molecule has 1 atom stereocenters. The SMILES string of the molecule is COCCN(Cc1c(C)nn(-c2ccc(Cl)cc2)c1Oc1cccc(F)c1)C[C@H](O)COC(C)C. The van der Waals surface area contributed by atoms with Crippen LogP contribution >= 0.6 is 11.6 Å². The number of benzene rings is 2. The molecule has 0 radical (unpaired) electrons. The van der Waals surface area contributed by atoms with E-state index in [4.69, 9.17) is 30.9 Å². The number of ether oxygens (including phenoxy) is 3. The highest BCUT2D eigenvalue weighted by molar-refractivity contribution is 6.30.